The molecule has 0 spiro atoms. The second-order valence-electron chi connectivity index (χ2n) is 3.18. The van der Waals surface area contributed by atoms with Gasteiger partial charge in [-0.1, -0.05) is 30.3 Å². The molecule has 0 amide bonds. The van der Waals surface area contributed by atoms with E-state index in [0.717, 1.165) is 11.4 Å². The van der Waals surface area contributed by atoms with Crippen molar-refractivity contribution >= 4 is 11.3 Å². The monoisotopic (exact) mass is 245 g/mol. The number of aromatic amines is 1. The second-order valence-corrected chi connectivity index (χ2v) is 3.96. The summed E-state index contributed by atoms with van der Waals surface area (Å²) in [7, 11) is 0. The van der Waals surface area contributed by atoms with Gasteiger partial charge in [0.05, 0.1) is 0 Å². The first-order valence-electron chi connectivity index (χ1n) is 4.98. The minimum Gasteiger partial charge on any atom is -0.507 e. The van der Waals surface area contributed by atoms with Gasteiger partial charge in [0.1, 0.15) is 12.1 Å². The van der Waals surface area contributed by atoms with Gasteiger partial charge in [-0.05, 0) is 11.4 Å². The molecule has 0 aliphatic heterocycles. The summed E-state index contributed by atoms with van der Waals surface area (Å²) in [5, 5.41) is 18.5. The molecule has 0 atom stereocenters. The number of H-pyrrole nitrogens is 1. The van der Waals surface area contributed by atoms with E-state index in [4.69, 9.17) is 5.11 Å². The van der Waals surface area contributed by atoms with Crippen LogP contribution in [-0.2, 0) is 0 Å². The third kappa shape index (κ3) is 3.42. The maximum absolute atomic E-state index is 8.48. The molecule has 2 aromatic heterocycles. The molecule has 2 N–H and O–H groups in total. The van der Waals surface area contributed by atoms with Gasteiger partial charge in [-0.15, -0.1) is 11.3 Å². The summed E-state index contributed by atoms with van der Waals surface area (Å²) in [6, 6.07) is 11.5. The van der Waals surface area contributed by atoms with Gasteiger partial charge in [0.15, 0.2) is 5.82 Å². The maximum Gasteiger partial charge on any atom is 0.155 e. The van der Waals surface area contributed by atoms with E-state index in [-0.39, 0.29) is 0 Å². The molecule has 86 valence electrons. The Morgan fingerprint density at radius 3 is 2.41 bits per heavy atom. The summed E-state index contributed by atoms with van der Waals surface area (Å²) >= 11 is 1.49. The summed E-state index contributed by atoms with van der Waals surface area (Å²) < 4.78 is 0. The van der Waals surface area contributed by atoms with Gasteiger partial charge in [-0.2, -0.15) is 5.10 Å². The fourth-order valence-electron chi connectivity index (χ4n) is 1.20. The largest absolute Gasteiger partial charge is 0.507 e. The number of rotatable bonds is 1. The van der Waals surface area contributed by atoms with Crippen LogP contribution in [-0.4, -0.2) is 20.3 Å². The lowest BCUT2D eigenvalue weighted by atomic mass is 10.2. The SMILES string of the molecule is Oc1ccsc1.c1ccc(-c2ncn[nH]2)cc1. The van der Waals surface area contributed by atoms with Crippen molar-refractivity contribution in [2.75, 3.05) is 0 Å². The fourth-order valence-corrected chi connectivity index (χ4v) is 1.71. The first-order valence-corrected chi connectivity index (χ1v) is 5.92. The summed E-state index contributed by atoms with van der Waals surface area (Å²) in [6.45, 7) is 0. The van der Waals surface area contributed by atoms with Crippen molar-refractivity contribution in [3.63, 3.8) is 0 Å². The van der Waals surface area contributed by atoms with Crippen molar-refractivity contribution in [2.24, 2.45) is 0 Å². The van der Waals surface area contributed by atoms with Crippen molar-refractivity contribution < 1.29 is 5.11 Å². The first kappa shape index (κ1) is 11.3. The van der Waals surface area contributed by atoms with Gasteiger partial charge in [0.25, 0.3) is 0 Å². The van der Waals surface area contributed by atoms with Crippen LogP contribution in [0.4, 0.5) is 0 Å². The minimum atomic E-state index is 0.361. The topological polar surface area (TPSA) is 61.8 Å². The van der Waals surface area contributed by atoms with Gasteiger partial charge in [0, 0.05) is 10.9 Å². The van der Waals surface area contributed by atoms with E-state index < -0.39 is 0 Å². The highest BCUT2D eigenvalue weighted by atomic mass is 32.1. The van der Waals surface area contributed by atoms with E-state index in [1.54, 1.807) is 11.4 Å². The van der Waals surface area contributed by atoms with E-state index in [1.165, 1.54) is 17.7 Å². The molecule has 4 nitrogen and oxygen atoms in total. The molecule has 0 bridgehead atoms. The van der Waals surface area contributed by atoms with Crippen molar-refractivity contribution in [1.29, 1.82) is 0 Å². The van der Waals surface area contributed by atoms with E-state index in [0.29, 0.717) is 5.75 Å². The standard InChI is InChI=1S/C8H7N3.C4H4OS/c1-2-4-7(5-3-1)8-9-6-10-11-8;5-4-1-2-6-3-4/h1-6H,(H,9,10,11);1-3,5H. The molecule has 0 saturated carbocycles. The van der Waals surface area contributed by atoms with Crippen LogP contribution in [0.1, 0.15) is 0 Å². The zero-order chi connectivity index (χ0) is 11.9. The van der Waals surface area contributed by atoms with Gasteiger partial charge in [-0.3, -0.25) is 5.10 Å². The van der Waals surface area contributed by atoms with Crippen LogP contribution < -0.4 is 0 Å². The molecule has 2 heterocycles. The molecule has 0 unspecified atom stereocenters. The highest BCUT2D eigenvalue weighted by Gasteiger charge is 1.95. The Labute approximate surface area is 103 Å². The zero-order valence-corrected chi connectivity index (χ0v) is 9.76. The molecule has 3 aromatic rings. The van der Waals surface area contributed by atoms with E-state index in [2.05, 4.69) is 15.2 Å². The third-order valence-electron chi connectivity index (χ3n) is 1.97. The van der Waals surface area contributed by atoms with Crippen LogP contribution in [0, 0.1) is 0 Å². The zero-order valence-electron chi connectivity index (χ0n) is 8.95. The molecular weight excluding hydrogens is 234 g/mol. The van der Waals surface area contributed by atoms with Crippen LogP contribution in [0.15, 0.2) is 53.5 Å². The smallest absolute Gasteiger partial charge is 0.155 e. The van der Waals surface area contributed by atoms with Crippen LogP contribution in [0.25, 0.3) is 11.4 Å². The molecule has 0 radical (unpaired) electrons. The number of aromatic hydroxyl groups is 1. The Balaban J connectivity index is 0.000000153. The van der Waals surface area contributed by atoms with Crippen LogP contribution >= 0.6 is 11.3 Å². The summed E-state index contributed by atoms with van der Waals surface area (Å²) in [5.41, 5.74) is 1.06. The van der Waals surface area contributed by atoms with Crippen molar-refractivity contribution in [2.45, 2.75) is 0 Å². The van der Waals surface area contributed by atoms with E-state index in [1.807, 2.05) is 35.7 Å². The lowest BCUT2D eigenvalue weighted by Crippen LogP contribution is -1.78. The normalized spacial score (nSPS) is 9.41. The Morgan fingerprint density at radius 2 is 1.94 bits per heavy atom. The molecule has 1 aromatic carbocycles. The highest BCUT2D eigenvalue weighted by molar-refractivity contribution is 7.08. The van der Waals surface area contributed by atoms with E-state index in [9.17, 15) is 0 Å². The molecule has 0 fully saturated rings. The summed E-state index contributed by atoms with van der Waals surface area (Å²) in [5.74, 6) is 1.17. The number of hydrogen-bond donors (Lipinski definition) is 2. The summed E-state index contributed by atoms with van der Waals surface area (Å²) in [4.78, 5) is 4.02. The lowest BCUT2D eigenvalue weighted by molar-refractivity contribution is 0.478. The first-order chi connectivity index (χ1) is 8.36. The molecule has 0 saturated heterocycles. The van der Waals surface area contributed by atoms with E-state index >= 15 is 0 Å². The molecule has 17 heavy (non-hydrogen) atoms. The van der Waals surface area contributed by atoms with Crippen LogP contribution in [0.2, 0.25) is 0 Å². The van der Waals surface area contributed by atoms with Gasteiger partial charge in [-0.25, -0.2) is 4.98 Å². The quantitative estimate of drug-likeness (QED) is 0.693. The Kier molecular flexibility index (Phi) is 3.88. The van der Waals surface area contributed by atoms with Crippen LogP contribution in [0.5, 0.6) is 5.75 Å². The number of benzene rings is 1. The third-order valence-corrected chi connectivity index (χ3v) is 2.64. The van der Waals surface area contributed by atoms with Gasteiger partial charge >= 0.3 is 0 Å². The lowest BCUT2D eigenvalue weighted by Gasteiger charge is -1.91. The number of hydrogen-bond acceptors (Lipinski definition) is 4. The van der Waals surface area contributed by atoms with Crippen molar-refractivity contribution in [1.82, 2.24) is 15.2 Å². The number of nitrogens with one attached hydrogen (secondary N) is 1. The fraction of sp³-hybridized carbons (Fsp3) is 0. The predicted molar refractivity (Wildman–Crippen MR) is 67.8 cm³/mol. The molecule has 3 rings (SSSR count). The number of thiophene rings is 1. The van der Waals surface area contributed by atoms with Gasteiger partial charge < -0.3 is 5.11 Å². The molecular formula is C12H11N3OS. The summed E-state index contributed by atoms with van der Waals surface area (Å²) in [6.07, 6.45) is 1.50. The Morgan fingerprint density at radius 1 is 1.12 bits per heavy atom. The Hall–Kier alpha value is -2.14. The van der Waals surface area contributed by atoms with Gasteiger partial charge in [0.2, 0.25) is 0 Å². The molecule has 0 aliphatic rings. The molecule has 0 aliphatic carbocycles. The average molecular weight is 245 g/mol. The number of aromatic nitrogens is 3. The number of nitrogens with zero attached hydrogens (tertiary/aromatic N) is 2. The Bertz CT molecular complexity index is 520. The minimum absolute atomic E-state index is 0.361. The van der Waals surface area contributed by atoms with Crippen molar-refractivity contribution in [3.8, 4) is 17.1 Å². The average Bonchev–Trinajstić information content (AvgIpc) is 3.03. The van der Waals surface area contributed by atoms with Crippen LogP contribution in [0.3, 0.4) is 0 Å². The second kappa shape index (κ2) is 5.81. The predicted octanol–water partition coefficient (Wildman–Crippen LogP) is 2.93. The maximum atomic E-state index is 8.48. The van der Waals surface area contributed by atoms with Crippen molar-refractivity contribution in [3.05, 3.63) is 53.5 Å². The molecule has 5 heteroatoms. The highest BCUT2D eigenvalue weighted by Crippen LogP contribution is 2.11.